The number of rotatable bonds is 0. The van der Waals surface area contributed by atoms with Crippen LogP contribution < -0.4 is 0 Å². The molecule has 6 heavy (non-hydrogen) atoms. The van der Waals surface area contributed by atoms with E-state index in [2.05, 4.69) is 0 Å². The van der Waals surface area contributed by atoms with Crippen molar-refractivity contribution in [1.29, 1.82) is 0 Å². The van der Waals surface area contributed by atoms with Crippen LogP contribution in [0.3, 0.4) is 0 Å². The van der Waals surface area contributed by atoms with Crippen LogP contribution in [0.5, 0.6) is 0 Å². The predicted molar refractivity (Wildman–Crippen MR) is 10.5 cm³/mol. The SMILES string of the molecule is O=S(=O)([O-])[O-].[Ce]. The van der Waals surface area contributed by atoms with Gasteiger partial charge in [0.25, 0.3) is 0 Å². The van der Waals surface area contributed by atoms with Crippen molar-refractivity contribution in [3.05, 3.63) is 0 Å². The molecule has 6 heteroatoms. The molecule has 0 atom stereocenters. The molecule has 0 saturated heterocycles. The Morgan fingerprint density at radius 2 is 1.17 bits per heavy atom. The molecule has 0 radical (unpaired) electrons. The predicted octanol–water partition coefficient (Wildman–Crippen LogP) is -1.34. The van der Waals surface area contributed by atoms with Crippen molar-refractivity contribution >= 4 is 10.4 Å². The van der Waals surface area contributed by atoms with Crippen molar-refractivity contribution in [3.63, 3.8) is 0 Å². The number of hydrogen-bond donors (Lipinski definition) is 0. The summed E-state index contributed by atoms with van der Waals surface area (Å²) < 4.78 is 34.1. The van der Waals surface area contributed by atoms with E-state index in [0.29, 0.717) is 0 Å². The van der Waals surface area contributed by atoms with E-state index in [4.69, 9.17) is 17.5 Å². The molecule has 0 fully saturated rings. The largest absolute Gasteiger partial charge is 0.759 e. The molecular formula is CeO4S-2. The topological polar surface area (TPSA) is 80.3 Å². The minimum Gasteiger partial charge on any atom is -0.759 e. The Hall–Kier alpha value is 1.25. The van der Waals surface area contributed by atoms with E-state index in [0.717, 1.165) is 0 Å². The average Bonchev–Trinajstić information content (AvgIpc) is 0.722. The molecule has 0 heterocycles. The first-order valence-electron chi connectivity index (χ1n) is 0.667. The molecule has 0 aromatic carbocycles. The van der Waals surface area contributed by atoms with Gasteiger partial charge < -0.3 is 9.11 Å². The Kier molecular flexibility index (Phi) is 5.61. The molecule has 0 aromatic rings. The van der Waals surface area contributed by atoms with E-state index >= 15 is 0 Å². The summed E-state index contributed by atoms with van der Waals surface area (Å²) in [6.45, 7) is 0. The second-order valence-electron chi connectivity index (χ2n) is 0.408. The molecule has 4 nitrogen and oxygen atoms in total. The van der Waals surface area contributed by atoms with Crippen molar-refractivity contribution in [2.75, 3.05) is 0 Å². The monoisotopic (exact) mass is 236 g/mol. The fourth-order valence-electron chi connectivity index (χ4n) is 0. The zero-order valence-corrected chi connectivity index (χ0v) is 6.50. The van der Waals surface area contributed by atoms with Crippen LogP contribution in [0, 0.1) is 41.7 Å². The van der Waals surface area contributed by atoms with Gasteiger partial charge in [0.2, 0.25) is 0 Å². The molecule has 0 N–H and O–H groups in total. The normalized spacial score (nSPS) is 9.67. The van der Waals surface area contributed by atoms with Crippen molar-refractivity contribution in [1.82, 2.24) is 0 Å². The van der Waals surface area contributed by atoms with Crippen LogP contribution in [0.4, 0.5) is 0 Å². The third-order valence-corrected chi connectivity index (χ3v) is 0. The van der Waals surface area contributed by atoms with Gasteiger partial charge >= 0.3 is 0 Å². The van der Waals surface area contributed by atoms with Gasteiger partial charge in [0.1, 0.15) is 0 Å². The maximum atomic E-state index is 8.52. The van der Waals surface area contributed by atoms with Crippen molar-refractivity contribution < 1.29 is 59.3 Å². The first kappa shape index (κ1) is 10.3. The third kappa shape index (κ3) is 60.9. The van der Waals surface area contributed by atoms with E-state index in [1.807, 2.05) is 0 Å². The van der Waals surface area contributed by atoms with Crippen LogP contribution in [-0.2, 0) is 10.4 Å². The molecule has 0 unspecified atom stereocenters. The molecule has 0 amide bonds. The maximum Gasteiger partial charge on any atom is 0.0311 e. The van der Waals surface area contributed by atoms with Crippen molar-refractivity contribution in [2.45, 2.75) is 0 Å². The molecule has 36 valence electrons. The van der Waals surface area contributed by atoms with Gasteiger partial charge in [0.15, 0.2) is 0 Å². The average molecular weight is 236 g/mol. The summed E-state index contributed by atoms with van der Waals surface area (Å²) in [5.74, 6) is 0. The van der Waals surface area contributed by atoms with Gasteiger partial charge in [0.05, 0.1) is 0 Å². The van der Waals surface area contributed by atoms with E-state index in [1.54, 1.807) is 0 Å². The van der Waals surface area contributed by atoms with Crippen LogP contribution in [0.2, 0.25) is 0 Å². The Balaban J connectivity index is 0. The van der Waals surface area contributed by atoms with E-state index in [-0.39, 0.29) is 41.7 Å². The fourth-order valence-corrected chi connectivity index (χ4v) is 0. The molecule has 0 spiro atoms. The summed E-state index contributed by atoms with van der Waals surface area (Å²) in [4.78, 5) is 0. The molecule has 0 aliphatic carbocycles. The Morgan fingerprint density at radius 3 is 1.17 bits per heavy atom. The summed E-state index contributed by atoms with van der Waals surface area (Å²) in [6.07, 6.45) is 0. The van der Waals surface area contributed by atoms with Crippen molar-refractivity contribution in [2.24, 2.45) is 0 Å². The van der Waals surface area contributed by atoms with Gasteiger partial charge in [0, 0.05) is 52.1 Å². The Labute approximate surface area is 68.9 Å². The minimum atomic E-state index is -5.17. The third-order valence-electron chi connectivity index (χ3n) is 0. The maximum absolute atomic E-state index is 8.52. The van der Waals surface area contributed by atoms with Gasteiger partial charge in [-0.15, -0.1) is 0 Å². The summed E-state index contributed by atoms with van der Waals surface area (Å²) in [6, 6.07) is 0. The van der Waals surface area contributed by atoms with Gasteiger partial charge in [-0.3, -0.25) is 8.42 Å². The summed E-state index contributed by atoms with van der Waals surface area (Å²) in [7, 11) is -5.17. The van der Waals surface area contributed by atoms with Crippen molar-refractivity contribution in [3.8, 4) is 0 Å². The van der Waals surface area contributed by atoms with Crippen LogP contribution in [0.25, 0.3) is 0 Å². The van der Waals surface area contributed by atoms with Crippen LogP contribution in [0.1, 0.15) is 0 Å². The van der Waals surface area contributed by atoms with Gasteiger partial charge in [-0.2, -0.15) is 0 Å². The van der Waals surface area contributed by atoms with Gasteiger partial charge in [-0.25, -0.2) is 0 Å². The molecule has 0 rings (SSSR count). The molecule has 0 saturated carbocycles. The summed E-state index contributed by atoms with van der Waals surface area (Å²) in [5, 5.41) is 0. The fraction of sp³-hybridized carbons (Fsp3) is 0. The molecule has 0 aromatic heterocycles. The van der Waals surface area contributed by atoms with Crippen LogP contribution in [0.15, 0.2) is 0 Å². The zero-order valence-electron chi connectivity index (χ0n) is 2.54. The summed E-state index contributed by atoms with van der Waals surface area (Å²) >= 11 is 0. The van der Waals surface area contributed by atoms with Gasteiger partial charge in [-0.05, 0) is 0 Å². The second-order valence-corrected chi connectivity index (χ2v) is 1.22. The first-order chi connectivity index (χ1) is 2.00. The molecule has 0 aliphatic heterocycles. The van der Waals surface area contributed by atoms with E-state index in [9.17, 15) is 0 Å². The first-order valence-corrected chi connectivity index (χ1v) is 2.00. The summed E-state index contributed by atoms with van der Waals surface area (Å²) in [5.41, 5.74) is 0. The second kappa shape index (κ2) is 3.27. The minimum absolute atomic E-state index is 0. The quantitative estimate of drug-likeness (QED) is 0.385. The van der Waals surface area contributed by atoms with E-state index in [1.165, 1.54) is 0 Å². The molecule has 0 aliphatic rings. The Bertz CT molecular complexity index is 90.7. The molecule has 0 bridgehead atoms. The Morgan fingerprint density at radius 1 is 1.17 bits per heavy atom. The number of hydrogen-bond acceptors (Lipinski definition) is 4. The zero-order chi connectivity index (χ0) is 4.50. The van der Waals surface area contributed by atoms with Gasteiger partial charge in [-0.1, -0.05) is 0 Å². The standard InChI is InChI=1S/Ce.H2O4S/c;1-5(2,3)4/h;(H2,1,2,3,4)/p-2. The smallest absolute Gasteiger partial charge is 0.0311 e. The van der Waals surface area contributed by atoms with E-state index < -0.39 is 10.4 Å². The van der Waals surface area contributed by atoms with Crippen LogP contribution >= 0.6 is 0 Å². The van der Waals surface area contributed by atoms with Crippen LogP contribution in [-0.4, -0.2) is 17.5 Å². The molecular weight excluding hydrogens is 236 g/mol.